The second-order valence-electron chi connectivity index (χ2n) is 8.84. The van der Waals surface area contributed by atoms with Crippen LogP contribution in [0.15, 0.2) is 44.3 Å². The second-order valence-corrected chi connectivity index (χ2v) is 9.75. The number of aliphatic hydroxyl groups excluding tert-OH is 1. The largest absolute Gasteiger partial charge is 0.445 e. The number of β-amino-alcohol motifs (C(OH)–C–C–N with tert-alkyl or cyclic N) is 1. The molecule has 2 aliphatic rings. The molecule has 1 aromatic heterocycles. The van der Waals surface area contributed by atoms with Crippen molar-refractivity contribution in [1.82, 2.24) is 15.5 Å². The maximum Gasteiger partial charge on any atom is 0.445 e. The molecule has 2 aliphatic heterocycles. The lowest BCUT2D eigenvalue weighted by Crippen LogP contribution is -2.47. The second kappa shape index (κ2) is 8.97. The van der Waals surface area contributed by atoms with Crippen LogP contribution in [0.1, 0.15) is 43.2 Å². The van der Waals surface area contributed by atoms with E-state index in [1.54, 1.807) is 13.0 Å². The molecule has 184 valence electrons. The highest BCUT2D eigenvalue weighted by Gasteiger charge is 2.62. The molecule has 34 heavy (non-hydrogen) atoms. The first kappa shape index (κ1) is 24.7. The molecule has 2 unspecified atom stereocenters. The van der Waals surface area contributed by atoms with Gasteiger partial charge in [0.2, 0.25) is 5.91 Å². The summed E-state index contributed by atoms with van der Waals surface area (Å²) in [5.74, 6) is -1.14. The van der Waals surface area contributed by atoms with Gasteiger partial charge in [0.25, 0.3) is 0 Å². The van der Waals surface area contributed by atoms with Crippen LogP contribution < -0.4 is 5.48 Å². The highest BCUT2D eigenvalue weighted by Crippen LogP contribution is 2.46. The lowest BCUT2D eigenvalue weighted by atomic mass is 9.91. The number of hydroxylamine groups is 1. The van der Waals surface area contributed by atoms with Crippen LogP contribution in [-0.2, 0) is 15.4 Å². The van der Waals surface area contributed by atoms with E-state index in [0.29, 0.717) is 15.9 Å². The molecule has 8 nitrogen and oxygen atoms in total. The first-order valence-corrected chi connectivity index (χ1v) is 11.5. The van der Waals surface area contributed by atoms with Crippen LogP contribution in [0.25, 0.3) is 0 Å². The number of likely N-dealkylation sites (tertiary alicyclic amines) is 1. The number of hydrogen-bond donors (Lipinski definition) is 2. The zero-order valence-corrected chi connectivity index (χ0v) is 20.2. The van der Waals surface area contributed by atoms with Crippen LogP contribution in [0.3, 0.4) is 0 Å². The molecule has 2 N–H and O–H groups in total. The Morgan fingerprint density at radius 3 is 2.56 bits per heavy atom. The molecule has 1 fully saturated rings. The highest BCUT2D eigenvalue weighted by atomic mass is 79.9. The number of amidine groups is 1. The quantitative estimate of drug-likeness (QED) is 0.593. The summed E-state index contributed by atoms with van der Waals surface area (Å²) in [6, 6.07) is 6.16. The van der Waals surface area contributed by atoms with Gasteiger partial charge in [-0.15, -0.1) is 0 Å². The number of alkyl halides is 3. The van der Waals surface area contributed by atoms with Crippen LogP contribution in [-0.4, -0.2) is 51.8 Å². The number of aromatic nitrogens is 1. The molecule has 1 aromatic carbocycles. The number of carbonyl (C=O) groups is 1. The summed E-state index contributed by atoms with van der Waals surface area (Å²) in [6.07, 6.45) is -5.81. The van der Waals surface area contributed by atoms with Crippen LogP contribution in [0.4, 0.5) is 13.2 Å². The number of nitrogens with zero attached hydrogens (tertiary/aromatic N) is 3. The third-order valence-corrected chi connectivity index (χ3v) is 6.49. The number of carbonyl (C=O) groups excluding carboxylic acids is 1. The number of halogens is 4. The molecule has 0 bridgehead atoms. The lowest BCUT2D eigenvalue weighted by molar-refractivity contribution is -0.285. The third-order valence-electron chi connectivity index (χ3n) is 5.96. The van der Waals surface area contributed by atoms with Crippen molar-refractivity contribution in [3.05, 3.63) is 51.8 Å². The fourth-order valence-electron chi connectivity index (χ4n) is 4.33. The first-order chi connectivity index (χ1) is 15.9. The maximum atomic E-state index is 14.2. The van der Waals surface area contributed by atoms with Crippen LogP contribution in [0.2, 0.25) is 0 Å². The lowest BCUT2D eigenvalue weighted by Gasteiger charge is -2.29. The number of hydrogen-bond acceptors (Lipinski definition) is 7. The first-order valence-electron chi connectivity index (χ1n) is 10.7. The van der Waals surface area contributed by atoms with E-state index in [-0.39, 0.29) is 30.3 Å². The number of benzene rings is 1. The Labute approximate surface area is 202 Å². The van der Waals surface area contributed by atoms with Crippen LogP contribution >= 0.6 is 15.9 Å². The maximum absolute atomic E-state index is 14.2. The summed E-state index contributed by atoms with van der Waals surface area (Å²) in [4.78, 5) is 23.9. The smallest absolute Gasteiger partial charge is 0.391 e. The summed E-state index contributed by atoms with van der Waals surface area (Å²) in [5.41, 5.74) is -0.297. The summed E-state index contributed by atoms with van der Waals surface area (Å²) < 4.78 is 48.6. The van der Waals surface area contributed by atoms with Crippen molar-refractivity contribution < 1.29 is 32.4 Å². The monoisotopic (exact) mass is 544 g/mol. The van der Waals surface area contributed by atoms with Gasteiger partial charge in [0.1, 0.15) is 17.5 Å². The number of aliphatic hydroxyl groups is 1. The van der Waals surface area contributed by atoms with Crippen molar-refractivity contribution in [3.63, 3.8) is 0 Å². The number of aryl methyl sites for hydroxylation is 1. The van der Waals surface area contributed by atoms with Crippen molar-refractivity contribution in [2.45, 2.75) is 57.2 Å². The van der Waals surface area contributed by atoms with Crippen molar-refractivity contribution in [2.75, 3.05) is 6.54 Å². The van der Waals surface area contributed by atoms with Gasteiger partial charge < -0.3 is 14.5 Å². The minimum atomic E-state index is -4.89. The standard InChI is InChI=1S/C22H24BrF3N4O4/c1-11(2)18(17-8-12(3)28-33-17)20(32)30-10-15(31)9-16(30)19-27-21(34-29-19,22(24,25)26)13-4-6-14(23)7-5-13/h4-8,11,15-16,18,31H,9-10H2,1-3H3,(H,27,29)/t15-,16+,18?,21?/m1/s1. The fraction of sp³-hybridized carbons (Fsp3) is 0.500. The molecular formula is C22H24BrF3N4O4. The van der Waals surface area contributed by atoms with Crippen LogP contribution in [0.5, 0.6) is 0 Å². The van der Waals surface area contributed by atoms with Gasteiger partial charge >= 0.3 is 11.9 Å². The van der Waals surface area contributed by atoms with E-state index in [9.17, 15) is 23.1 Å². The molecule has 3 heterocycles. The van der Waals surface area contributed by atoms with Gasteiger partial charge in [-0.2, -0.15) is 13.2 Å². The normalized spacial score (nSPS) is 26.0. The minimum absolute atomic E-state index is 0.00938. The van der Waals surface area contributed by atoms with E-state index in [0.717, 1.165) is 0 Å². The van der Waals surface area contributed by atoms with Crippen LogP contribution in [0, 0.1) is 12.8 Å². The molecule has 0 aliphatic carbocycles. The van der Waals surface area contributed by atoms with Crippen molar-refractivity contribution in [2.24, 2.45) is 10.9 Å². The van der Waals surface area contributed by atoms with Gasteiger partial charge in [0.15, 0.2) is 0 Å². The molecule has 0 saturated carbocycles. The molecule has 2 aromatic rings. The predicted molar refractivity (Wildman–Crippen MR) is 118 cm³/mol. The van der Waals surface area contributed by atoms with Gasteiger partial charge in [-0.25, -0.2) is 15.3 Å². The fourth-order valence-corrected chi connectivity index (χ4v) is 4.59. The Kier molecular flexibility index (Phi) is 6.51. The van der Waals surface area contributed by atoms with Crippen molar-refractivity contribution >= 4 is 27.7 Å². The van der Waals surface area contributed by atoms with Gasteiger partial charge in [0.05, 0.1) is 17.8 Å². The SMILES string of the molecule is Cc1cc(C(C(=O)N2C[C@H](O)C[C@H]2C2=NC(c3ccc(Br)cc3)(C(F)(F)F)ON2)C(C)C)on1. The number of nitrogens with one attached hydrogen (secondary N) is 1. The molecule has 4 atom stereocenters. The summed E-state index contributed by atoms with van der Waals surface area (Å²) >= 11 is 3.21. The van der Waals surface area contributed by atoms with E-state index in [1.165, 1.54) is 29.2 Å². The highest BCUT2D eigenvalue weighted by molar-refractivity contribution is 9.10. The average Bonchev–Trinajstić information content (AvgIpc) is 3.46. The molecule has 12 heteroatoms. The molecule has 1 amide bonds. The topological polar surface area (TPSA) is 100 Å². The van der Waals surface area contributed by atoms with E-state index >= 15 is 0 Å². The van der Waals surface area contributed by atoms with Gasteiger partial charge in [-0.3, -0.25) is 4.79 Å². The zero-order chi connectivity index (χ0) is 24.8. The molecular weight excluding hydrogens is 521 g/mol. The third kappa shape index (κ3) is 4.34. The zero-order valence-electron chi connectivity index (χ0n) is 18.6. The summed E-state index contributed by atoms with van der Waals surface area (Å²) in [7, 11) is 0. The van der Waals surface area contributed by atoms with Gasteiger partial charge in [0, 0.05) is 29.1 Å². The number of amides is 1. The van der Waals surface area contributed by atoms with E-state index in [2.05, 4.69) is 31.6 Å². The molecule has 0 spiro atoms. The van der Waals surface area contributed by atoms with Gasteiger partial charge in [-0.05, 0) is 25.0 Å². The predicted octanol–water partition coefficient (Wildman–Crippen LogP) is 3.80. The Balaban J connectivity index is 1.70. The molecule has 0 radical (unpaired) electrons. The molecule has 1 saturated heterocycles. The number of aliphatic imine (C=N–C) groups is 1. The average molecular weight is 545 g/mol. The van der Waals surface area contributed by atoms with E-state index < -0.39 is 35.9 Å². The van der Waals surface area contributed by atoms with Crippen molar-refractivity contribution in [3.8, 4) is 0 Å². The Morgan fingerprint density at radius 1 is 1.32 bits per heavy atom. The number of rotatable bonds is 5. The van der Waals surface area contributed by atoms with Crippen molar-refractivity contribution in [1.29, 1.82) is 0 Å². The summed E-state index contributed by atoms with van der Waals surface area (Å²) in [5, 5.41) is 14.2. The Hall–Kier alpha value is -2.44. The van der Waals surface area contributed by atoms with E-state index in [1.807, 2.05) is 13.8 Å². The minimum Gasteiger partial charge on any atom is -0.391 e. The summed E-state index contributed by atoms with van der Waals surface area (Å²) in [6.45, 7) is 5.33. The van der Waals surface area contributed by atoms with E-state index in [4.69, 9.17) is 9.36 Å². The Morgan fingerprint density at radius 2 is 2.00 bits per heavy atom. The van der Waals surface area contributed by atoms with Gasteiger partial charge in [-0.1, -0.05) is 47.1 Å². The Bertz CT molecular complexity index is 1090. The molecule has 4 rings (SSSR count).